The predicted molar refractivity (Wildman–Crippen MR) is 153 cm³/mol. The molecule has 2 saturated heterocycles. The molecule has 0 atom stereocenters. The Morgan fingerprint density at radius 2 is 1.81 bits per heavy atom. The van der Waals surface area contributed by atoms with Crippen molar-refractivity contribution in [1.82, 2.24) is 9.47 Å². The first-order valence-corrected chi connectivity index (χ1v) is 13.9. The maximum Gasteiger partial charge on any atom is 0.270 e. The number of thioether (sulfide) groups is 1. The second-order valence-corrected chi connectivity index (χ2v) is 10.9. The van der Waals surface area contributed by atoms with Gasteiger partial charge in [-0.05, 0) is 62.4 Å². The molecule has 2 aliphatic rings. The average molecular weight is 537 g/mol. The number of ether oxygens (including phenoxy) is 1. The first-order valence-electron chi connectivity index (χ1n) is 12.7. The zero-order valence-electron chi connectivity index (χ0n) is 21.6. The highest BCUT2D eigenvalue weighted by Gasteiger charge is 2.33. The first-order chi connectivity index (χ1) is 17.9. The van der Waals surface area contributed by atoms with E-state index in [1.165, 1.54) is 11.8 Å². The molecule has 0 unspecified atom stereocenters. The maximum atomic E-state index is 13.5. The van der Waals surface area contributed by atoms with Crippen molar-refractivity contribution in [2.75, 3.05) is 31.6 Å². The minimum atomic E-state index is -0.272. The number of nitriles is 1. The Balaban J connectivity index is 1.70. The number of benzene rings is 1. The molecular formula is C28H32N4O3S2. The van der Waals surface area contributed by atoms with Gasteiger partial charge in [0.15, 0.2) is 0 Å². The van der Waals surface area contributed by atoms with Crippen LogP contribution < -0.4 is 15.2 Å². The smallest absolute Gasteiger partial charge is 0.270 e. The quantitative estimate of drug-likeness (QED) is 0.369. The van der Waals surface area contributed by atoms with E-state index >= 15 is 0 Å². The van der Waals surface area contributed by atoms with Crippen molar-refractivity contribution < 1.29 is 9.53 Å². The Labute approximate surface area is 227 Å². The van der Waals surface area contributed by atoms with Crippen LogP contribution in [0.15, 0.2) is 34.0 Å². The van der Waals surface area contributed by atoms with Crippen molar-refractivity contribution in [2.24, 2.45) is 0 Å². The zero-order chi connectivity index (χ0) is 26.5. The number of pyridine rings is 1. The number of amides is 1. The third-order valence-electron chi connectivity index (χ3n) is 7.00. The van der Waals surface area contributed by atoms with Crippen molar-refractivity contribution in [3.8, 4) is 11.8 Å². The molecular weight excluding hydrogens is 504 g/mol. The maximum absolute atomic E-state index is 13.5. The van der Waals surface area contributed by atoms with E-state index in [4.69, 9.17) is 17.0 Å². The first kappa shape index (κ1) is 27.0. The molecule has 1 aromatic carbocycles. The summed E-state index contributed by atoms with van der Waals surface area (Å²) in [6.07, 6.45) is 6.91. The monoisotopic (exact) mass is 536 g/mol. The number of hydrogen-bond acceptors (Lipinski definition) is 7. The molecule has 0 aliphatic carbocycles. The van der Waals surface area contributed by atoms with Gasteiger partial charge in [0.05, 0.1) is 12.0 Å². The van der Waals surface area contributed by atoms with Gasteiger partial charge >= 0.3 is 0 Å². The molecule has 0 saturated carbocycles. The zero-order valence-corrected chi connectivity index (χ0v) is 23.2. The Kier molecular flexibility index (Phi) is 8.72. The molecule has 1 aromatic heterocycles. The molecule has 37 heavy (non-hydrogen) atoms. The lowest BCUT2D eigenvalue weighted by Crippen LogP contribution is -2.35. The summed E-state index contributed by atoms with van der Waals surface area (Å²) in [7, 11) is 1.63. The summed E-state index contributed by atoms with van der Waals surface area (Å²) in [6, 6.07) is 9.89. The molecule has 0 N–H and O–H groups in total. The highest BCUT2D eigenvalue weighted by molar-refractivity contribution is 8.26. The number of aromatic nitrogens is 1. The summed E-state index contributed by atoms with van der Waals surface area (Å²) in [5, 5.41) is 9.79. The van der Waals surface area contributed by atoms with Gasteiger partial charge in [-0.3, -0.25) is 19.1 Å². The van der Waals surface area contributed by atoms with E-state index in [2.05, 4.69) is 11.0 Å². The number of nitrogens with zero attached hydrogens (tertiary/aromatic N) is 4. The van der Waals surface area contributed by atoms with Crippen molar-refractivity contribution in [3.63, 3.8) is 0 Å². The van der Waals surface area contributed by atoms with Crippen molar-refractivity contribution >= 4 is 46.1 Å². The van der Waals surface area contributed by atoms with Gasteiger partial charge in [0.2, 0.25) is 0 Å². The van der Waals surface area contributed by atoms with E-state index in [0.717, 1.165) is 61.5 Å². The van der Waals surface area contributed by atoms with Gasteiger partial charge in [-0.1, -0.05) is 49.0 Å². The highest BCUT2D eigenvalue weighted by atomic mass is 32.2. The third kappa shape index (κ3) is 5.60. The molecule has 9 heteroatoms. The minimum Gasteiger partial charge on any atom is -0.497 e. The molecule has 2 aliphatic heterocycles. The van der Waals surface area contributed by atoms with Crippen LogP contribution in [0.25, 0.3) is 6.08 Å². The number of carbonyl (C=O) groups excluding carboxylic acids is 1. The van der Waals surface area contributed by atoms with E-state index in [0.29, 0.717) is 34.3 Å². The lowest BCUT2D eigenvalue weighted by molar-refractivity contribution is -0.122. The standard InChI is InChI=1S/C28H32N4O3S2/c1-4-31-25(30-14-7-5-6-8-15-30)22(19(2)23(18-29)26(31)33)17-24-27(34)32(28(36)37-24)16-13-20-9-11-21(35-3)12-10-20/h9-12,17H,4-8,13-16H2,1-3H3/b24-17-. The van der Waals surface area contributed by atoms with Crippen LogP contribution >= 0.6 is 24.0 Å². The average Bonchev–Trinajstić information content (AvgIpc) is 3.07. The molecule has 7 nitrogen and oxygen atoms in total. The van der Waals surface area contributed by atoms with Crippen LogP contribution in [-0.2, 0) is 17.8 Å². The van der Waals surface area contributed by atoms with Crippen molar-refractivity contribution in [1.29, 1.82) is 5.26 Å². The van der Waals surface area contributed by atoms with Crippen LogP contribution in [0.4, 0.5) is 5.82 Å². The number of hydrogen-bond donors (Lipinski definition) is 0. The van der Waals surface area contributed by atoms with E-state index in [9.17, 15) is 14.9 Å². The molecule has 194 valence electrons. The number of carbonyl (C=O) groups is 1. The summed E-state index contributed by atoms with van der Waals surface area (Å²) < 4.78 is 7.43. The Hall–Kier alpha value is -3.09. The molecule has 2 fully saturated rings. The van der Waals surface area contributed by atoms with Crippen LogP contribution in [0.2, 0.25) is 0 Å². The third-order valence-corrected chi connectivity index (χ3v) is 8.38. The van der Waals surface area contributed by atoms with Gasteiger partial charge in [-0.15, -0.1) is 0 Å². The molecule has 2 aromatic rings. The lowest BCUT2D eigenvalue weighted by atomic mass is 10.0. The second kappa shape index (κ2) is 12.0. The molecule has 3 heterocycles. The number of rotatable bonds is 7. The molecule has 1 amide bonds. The second-order valence-electron chi connectivity index (χ2n) is 9.23. The van der Waals surface area contributed by atoms with Crippen LogP contribution in [-0.4, -0.2) is 46.4 Å². The van der Waals surface area contributed by atoms with E-state index in [1.54, 1.807) is 23.5 Å². The van der Waals surface area contributed by atoms with E-state index in [1.807, 2.05) is 37.3 Å². The molecule has 0 radical (unpaired) electrons. The Morgan fingerprint density at radius 3 is 2.41 bits per heavy atom. The highest BCUT2D eigenvalue weighted by Crippen LogP contribution is 2.36. The lowest BCUT2D eigenvalue weighted by Gasteiger charge is -2.29. The normalized spacial score (nSPS) is 17.3. The number of anilines is 1. The topological polar surface area (TPSA) is 78.6 Å². The fourth-order valence-corrected chi connectivity index (χ4v) is 6.21. The van der Waals surface area contributed by atoms with Gasteiger partial charge in [-0.2, -0.15) is 5.26 Å². The van der Waals surface area contributed by atoms with Crippen LogP contribution in [0, 0.1) is 18.3 Å². The summed E-state index contributed by atoms with van der Waals surface area (Å²) in [6.45, 7) is 6.33. The van der Waals surface area contributed by atoms with Crippen LogP contribution in [0.1, 0.15) is 54.9 Å². The Morgan fingerprint density at radius 1 is 1.14 bits per heavy atom. The van der Waals surface area contributed by atoms with E-state index in [-0.39, 0.29) is 17.0 Å². The number of thiocarbonyl (C=S) groups is 1. The van der Waals surface area contributed by atoms with E-state index < -0.39 is 0 Å². The summed E-state index contributed by atoms with van der Waals surface area (Å²) in [5.41, 5.74) is 2.31. The Bertz CT molecular complexity index is 1320. The van der Waals surface area contributed by atoms with Gasteiger partial charge in [0.25, 0.3) is 11.5 Å². The minimum absolute atomic E-state index is 0.127. The van der Waals surface area contributed by atoms with Gasteiger partial charge in [0, 0.05) is 31.7 Å². The molecule has 4 rings (SSSR count). The van der Waals surface area contributed by atoms with Crippen LogP contribution in [0.3, 0.4) is 0 Å². The van der Waals surface area contributed by atoms with Crippen molar-refractivity contribution in [2.45, 2.75) is 52.5 Å². The predicted octanol–water partition coefficient (Wildman–Crippen LogP) is 4.88. The fraction of sp³-hybridized carbons (Fsp3) is 0.429. The summed E-state index contributed by atoms with van der Waals surface area (Å²) in [5.74, 6) is 1.45. The fourth-order valence-electron chi connectivity index (χ4n) is 4.92. The summed E-state index contributed by atoms with van der Waals surface area (Å²) in [4.78, 5) is 31.1. The van der Waals surface area contributed by atoms with Crippen LogP contribution in [0.5, 0.6) is 5.75 Å². The van der Waals surface area contributed by atoms with Gasteiger partial charge < -0.3 is 9.64 Å². The molecule has 0 bridgehead atoms. The molecule has 0 spiro atoms. The largest absolute Gasteiger partial charge is 0.497 e. The number of methoxy groups -OCH3 is 1. The van der Waals surface area contributed by atoms with Gasteiger partial charge in [-0.25, -0.2) is 0 Å². The SMILES string of the molecule is CCn1c(N2CCCCCC2)c(/C=C2\SC(=S)N(CCc3ccc(OC)cc3)C2=O)c(C)c(C#N)c1=O. The van der Waals surface area contributed by atoms with Gasteiger partial charge in [0.1, 0.15) is 27.5 Å². The van der Waals surface area contributed by atoms with Crippen molar-refractivity contribution in [3.05, 3.63) is 61.8 Å². The summed E-state index contributed by atoms with van der Waals surface area (Å²) >= 11 is 6.86.